The fourth-order valence-corrected chi connectivity index (χ4v) is 4.94. The molecule has 2 heterocycles. The Bertz CT molecular complexity index is 1960. The number of anilines is 2. The lowest BCUT2D eigenvalue weighted by Gasteiger charge is -2.17. The van der Waals surface area contributed by atoms with Gasteiger partial charge in [-0.25, -0.2) is 0 Å². The summed E-state index contributed by atoms with van der Waals surface area (Å²) >= 11 is 0. The Hall–Kier alpha value is -5.97. The van der Waals surface area contributed by atoms with Gasteiger partial charge >= 0.3 is 0 Å². The largest absolute Gasteiger partial charge is 0.493 e. The summed E-state index contributed by atoms with van der Waals surface area (Å²) in [6.45, 7) is 0.549. The lowest BCUT2D eigenvalue weighted by atomic mass is 10.1. The molecule has 2 aromatic heterocycles. The maximum Gasteiger partial charge on any atom is 0.291 e. The van der Waals surface area contributed by atoms with Gasteiger partial charge in [-0.15, -0.1) is 0 Å². The van der Waals surface area contributed by atoms with Crippen molar-refractivity contribution in [2.75, 3.05) is 38.4 Å². The number of likely N-dealkylation sites (N-methyl/N-ethyl adjacent to an activating group) is 1. The Morgan fingerprint density at radius 2 is 1.49 bits per heavy atom. The fraction of sp³-hybridized carbons (Fsp3) is 0.194. The number of pyridine rings is 1. The van der Waals surface area contributed by atoms with Crippen molar-refractivity contribution >= 4 is 40.1 Å². The van der Waals surface area contributed by atoms with Crippen molar-refractivity contribution in [1.82, 2.24) is 9.88 Å². The number of ether oxygens (including phenoxy) is 2. The van der Waals surface area contributed by atoms with E-state index in [1.54, 1.807) is 60.7 Å². The third-order valence-electron chi connectivity index (χ3n) is 7.63. The van der Waals surface area contributed by atoms with Gasteiger partial charge in [-0.3, -0.25) is 24.2 Å². The molecule has 0 aliphatic carbocycles. The van der Waals surface area contributed by atoms with E-state index < -0.39 is 11.8 Å². The normalized spacial score (nSPS) is 10.7. The number of aromatic nitrogens is 1. The monoisotopic (exact) mass is 634 g/mol. The van der Waals surface area contributed by atoms with Gasteiger partial charge in [0.2, 0.25) is 5.91 Å². The number of aryl methyl sites for hydroxylation is 1. The van der Waals surface area contributed by atoms with E-state index in [9.17, 15) is 19.2 Å². The highest BCUT2D eigenvalue weighted by atomic mass is 16.5. The van der Waals surface area contributed by atoms with Crippen LogP contribution in [0.4, 0.5) is 11.4 Å². The van der Waals surface area contributed by atoms with Gasteiger partial charge < -0.3 is 29.4 Å². The van der Waals surface area contributed by atoms with Gasteiger partial charge in [0.05, 0.1) is 30.9 Å². The van der Waals surface area contributed by atoms with Crippen LogP contribution >= 0.6 is 0 Å². The number of rotatable bonds is 12. The first-order valence-corrected chi connectivity index (χ1v) is 14.9. The van der Waals surface area contributed by atoms with Crippen molar-refractivity contribution in [3.8, 4) is 11.5 Å². The fourth-order valence-electron chi connectivity index (χ4n) is 4.94. The summed E-state index contributed by atoms with van der Waals surface area (Å²) in [5, 5.41) is 5.87. The summed E-state index contributed by atoms with van der Waals surface area (Å²) in [4.78, 5) is 57.6. The van der Waals surface area contributed by atoms with Gasteiger partial charge in [0.25, 0.3) is 11.8 Å². The quantitative estimate of drug-likeness (QED) is 0.187. The van der Waals surface area contributed by atoms with E-state index in [1.165, 1.54) is 26.4 Å². The summed E-state index contributed by atoms with van der Waals surface area (Å²) in [7, 11) is 4.66. The van der Waals surface area contributed by atoms with Gasteiger partial charge in [-0.1, -0.05) is 24.3 Å². The Morgan fingerprint density at radius 3 is 2.21 bits per heavy atom. The third kappa shape index (κ3) is 8.01. The molecular weight excluding hydrogens is 600 g/mol. The molecule has 0 aliphatic heterocycles. The molecule has 5 aromatic rings. The zero-order valence-electron chi connectivity index (χ0n) is 26.2. The maximum atomic E-state index is 13.5. The lowest BCUT2D eigenvalue weighted by Crippen LogP contribution is -2.29. The van der Waals surface area contributed by atoms with Crippen LogP contribution in [0.2, 0.25) is 0 Å². The van der Waals surface area contributed by atoms with Crippen molar-refractivity contribution in [2.24, 2.45) is 0 Å². The summed E-state index contributed by atoms with van der Waals surface area (Å²) in [6, 6.07) is 21.7. The topological polar surface area (TPSA) is 140 Å². The van der Waals surface area contributed by atoms with E-state index in [0.717, 1.165) is 17.2 Å². The number of carbonyl (C=O) groups excluding carboxylic acids is 3. The number of hydrogen-bond donors (Lipinski definition) is 2. The molecule has 0 saturated heterocycles. The highest BCUT2D eigenvalue weighted by molar-refractivity contribution is 6.12. The molecule has 0 aliphatic rings. The van der Waals surface area contributed by atoms with Gasteiger partial charge in [-0.05, 0) is 66.4 Å². The molecule has 11 heteroatoms. The highest BCUT2D eigenvalue weighted by Crippen LogP contribution is 2.34. The summed E-state index contributed by atoms with van der Waals surface area (Å²) in [6.07, 6.45) is 5.15. The average molecular weight is 635 g/mol. The first kappa shape index (κ1) is 32.4. The van der Waals surface area contributed by atoms with Crippen LogP contribution < -0.4 is 25.5 Å². The predicted molar refractivity (Wildman–Crippen MR) is 178 cm³/mol. The molecule has 240 valence electrons. The number of hydrogen-bond acceptors (Lipinski definition) is 8. The van der Waals surface area contributed by atoms with Crippen molar-refractivity contribution in [2.45, 2.75) is 19.3 Å². The Kier molecular flexibility index (Phi) is 10.3. The minimum atomic E-state index is -0.723. The van der Waals surface area contributed by atoms with Crippen LogP contribution in [0.3, 0.4) is 0 Å². The molecule has 11 nitrogen and oxygen atoms in total. The van der Waals surface area contributed by atoms with Crippen LogP contribution in [-0.2, 0) is 17.6 Å². The van der Waals surface area contributed by atoms with Crippen molar-refractivity contribution in [1.29, 1.82) is 0 Å². The summed E-state index contributed by atoms with van der Waals surface area (Å²) in [5.74, 6) is -0.835. The maximum absolute atomic E-state index is 13.5. The minimum Gasteiger partial charge on any atom is -0.493 e. The van der Waals surface area contributed by atoms with Gasteiger partial charge in [0.1, 0.15) is 5.58 Å². The van der Waals surface area contributed by atoms with E-state index in [4.69, 9.17) is 13.9 Å². The third-order valence-corrected chi connectivity index (χ3v) is 7.63. The van der Waals surface area contributed by atoms with Crippen molar-refractivity contribution in [3.63, 3.8) is 0 Å². The van der Waals surface area contributed by atoms with Crippen LogP contribution in [0.15, 0.2) is 100 Å². The first-order chi connectivity index (χ1) is 22.7. The zero-order chi connectivity index (χ0) is 33.3. The van der Waals surface area contributed by atoms with E-state index in [2.05, 4.69) is 15.6 Å². The van der Waals surface area contributed by atoms with Crippen molar-refractivity contribution in [3.05, 3.63) is 124 Å². The number of nitrogens with one attached hydrogen (secondary N) is 2. The molecule has 3 aromatic carbocycles. The van der Waals surface area contributed by atoms with Crippen LogP contribution in [0.5, 0.6) is 11.5 Å². The SMILES string of the molecule is COc1cc(NC(=O)c2cc(=O)c3ccccc3o2)c(C(=O)Nc2ccc(CCN(C)C(=O)CCc3ccncc3)cc2)cc1OC. The molecule has 0 bridgehead atoms. The second kappa shape index (κ2) is 14.9. The molecule has 0 atom stereocenters. The zero-order valence-corrected chi connectivity index (χ0v) is 26.2. The van der Waals surface area contributed by atoms with E-state index in [0.29, 0.717) is 36.9 Å². The molecular formula is C36H34N4O7. The van der Waals surface area contributed by atoms with Crippen LogP contribution in [-0.4, -0.2) is 55.4 Å². The number of para-hydroxylation sites is 1. The second-order valence-corrected chi connectivity index (χ2v) is 10.7. The first-order valence-electron chi connectivity index (χ1n) is 14.9. The minimum absolute atomic E-state index is 0.0614. The average Bonchev–Trinajstić information content (AvgIpc) is 3.10. The molecule has 0 fully saturated rings. The molecule has 2 N–H and O–H groups in total. The van der Waals surface area contributed by atoms with Crippen molar-refractivity contribution < 1.29 is 28.3 Å². The highest BCUT2D eigenvalue weighted by Gasteiger charge is 2.21. The Morgan fingerprint density at radius 1 is 0.809 bits per heavy atom. The number of amides is 3. The molecule has 47 heavy (non-hydrogen) atoms. The van der Waals surface area contributed by atoms with Gasteiger partial charge in [0.15, 0.2) is 22.7 Å². The standard InChI is InChI=1S/C36H34N4O7/c1-40(34(42)13-10-24-14-17-37-18-15-24)19-16-23-8-11-25(12-9-23)38-35(43)27-20-31(45-2)32(46-3)21-28(27)39-36(44)33-22-29(41)26-6-4-5-7-30(26)47-33/h4-9,11-12,14-15,17-18,20-22H,10,13,16,19H2,1-3H3,(H,38,43)(H,39,44). The number of nitrogens with zero attached hydrogens (tertiary/aromatic N) is 2. The lowest BCUT2D eigenvalue weighted by molar-refractivity contribution is -0.129. The van der Waals surface area contributed by atoms with E-state index in [1.807, 2.05) is 24.3 Å². The molecule has 0 radical (unpaired) electrons. The number of carbonyl (C=O) groups is 3. The molecule has 0 saturated carbocycles. The van der Waals surface area contributed by atoms with E-state index in [-0.39, 0.29) is 45.4 Å². The molecule has 0 spiro atoms. The smallest absolute Gasteiger partial charge is 0.291 e. The Balaban J connectivity index is 1.26. The van der Waals surface area contributed by atoms with Crippen LogP contribution in [0.1, 0.15) is 38.5 Å². The van der Waals surface area contributed by atoms with E-state index >= 15 is 0 Å². The molecule has 5 rings (SSSR count). The molecule has 3 amide bonds. The second-order valence-electron chi connectivity index (χ2n) is 10.7. The predicted octanol–water partition coefficient (Wildman–Crippen LogP) is 5.34. The van der Waals surface area contributed by atoms with Gasteiger partial charge in [0, 0.05) is 50.2 Å². The number of methoxy groups -OCH3 is 2. The number of benzene rings is 3. The molecule has 0 unspecified atom stereocenters. The van der Waals surface area contributed by atoms with Crippen LogP contribution in [0.25, 0.3) is 11.0 Å². The Labute approximate surface area is 271 Å². The summed E-state index contributed by atoms with van der Waals surface area (Å²) in [5.41, 5.74) is 2.69. The summed E-state index contributed by atoms with van der Waals surface area (Å²) < 4.78 is 16.5. The van der Waals surface area contributed by atoms with Crippen LogP contribution in [0, 0.1) is 0 Å². The van der Waals surface area contributed by atoms with Gasteiger partial charge in [-0.2, -0.15) is 0 Å². The number of fused-ring (bicyclic) bond motifs is 1.